The summed E-state index contributed by atoms with van der Waals surface area (Å²) in [7, 11) is 0. The number of ether oxygens (including phenoxy) is 1. The van der Waals surface area contributed by atoms with Gasteiger partial charge in [0.15, 0.2) is 11.9 Å². The Kier molecular flexibility index (Phi) is 8.13. The van der Waals surface area contributed by atoms with Crippen molar-refractivity contribution in [1.82, 2.24) is 0 Å². The van der Waals surface area contributed by atoms with Crippen molar-refractivity contribution >= 4 is 52.2 Å². The average molecular weight is 510 g/mol. The number of hydrogen-bond acceptors (Lipinski definition) is 7. The Hall–Kier alpha value is -4.57. The van der Waals surface area contributed by atoms with E-state index in [0.717, 1.165) is 6.07 Å². The molecule has 184 valence electrons. The Balaban J connectivity index is 1.73. The Labute approximate surface area is 210 Å². The lowest BCUT2D eigenvalue weighted by molar-refractivity contribution is -0.384. The van der Waals surface area contributed by atoms with Crippen molar-refractivity contribution in [2.45, 2.75) is 20.0 Å². The second kappa shape index (κ2) is 11.2. The fraction of sp³-hybridized carbons (Fsp3) is 0.120. The van der Waals surface area contributed by atoms with Gasteiger partial charge in [-0.2, -0.15) is 0 Å². The second-order valence-electron chi connectivity index (χ2n) is 7.59. The van der Waals surface area contributed by atoms with E-state index >= 15 is 0 Å². The first-order valence-corrected chi connectivity index (χ1v) is 10.9. The lowest BCUT2D eigenvalue weighted by atomic mass is 9.98. The summed E-state index contributed by atoms with van der Waals surface area (Å²) in [6.45, 7) is 2.74. The Morgan fingerprint density at radius 2 is 1.50 bits per heavy atom. The van der Waals surface area contributed by atoms with Crippen LogP contribution in [0.4, 0.5) is 17.1 Å². The number of amides is 2. The van der Waals surface area contributed by atoms with Crippen LogP contribution < -0.4 is 10.6 Å². The fourth-order valence-electron chi connectivity index (χ4n) is 3.17. The molecule has 3 aromatic carbocycles. The normalized spacial score (nSPS) is 11.2. The van der Waals surface area contributed by atoms with Gasteiger partial charge < -0.3 is 15.4 Å². The summed E-state index contributed by atoms with van der Waals surface area (Å²) in [6, 6.07) is 15.7. The van der Waals surface area contributed by atoms with Crippen LogP contribution in [0.2, 0.25) is 5.02 Å². The molecular weight excluding hydrogens is 490 g/mol. The number of rotatable bonds is 8. The molecule has 36 heavy (non-hydrogen) atoms. The van der Waals surface area contributed by atoms with E-state index in [1.807, 2.05) is 0 Å². The molecule has 3 rings (SSSR count). The number of carbonyl (C=O) groups excluding carboxylic acids is 4. The molecule has 0 spiro atoms. The molecule has 0 heterocycles. The minimum Gasteiger partial charge on any atom is -0.449 e. The Bertz CT molecular complexity index is 1360. The van der Waals surface area contributed by atoms with Crippen LogP contribution in [0.25, 0.3) is 0 Å². The quantitative estimate of drug-likeness (QED) is 0.195. The SMILES string of the molecule is CC(=O)Nc1ccc(NC(=O)[C@@H](C)OC(=O)c2ccccc2C(=O)c2ccc(Cl)c([N+](=O)[O-])c2)cc1. The third kappa shape index (κ3) is 6.30. The van der Waals surface area contributed by atoms with Crippen LogP contribution in [0, 0.1) is 10.1 Å². The van der Waals surface area contributed by atoms with E-state index in [9.17, 15) is 29.3 Å². The summed E-state index contributed by atoms with van der Waals surface area (Å²) in [5.41, 5.74) is 0.307. The molecule has 0 saturated heterocycles. The van der Waals surface area contributed by atoms with Crippen LogP contribution in [-0.2, 0) is 14.3 Å². The highest BCUT2D eigenvalue weighted by atomic mass is 35.5. The maximum absolute atomic E-state index is 13.0. The number of benzene rings is 3. The summed E-state index contributed by atoms with van der Waals surface area (Å²) >= 11 is 5.81. The van der Waals surface area contributed by atoms with Gasteiger partial charge in [0.25, 0.3) is 11.6 Å². The van der Waals surface area contributed by atoms with E-state index in [1.54, 1.807) is 24.3 Å². The van der Waals surface area contributed by atoms with Gasteiger partial charge in [0.2, 0.25) is 5.91 Å². The molecule has 0 unspecified atom stereocenters. The van der Waals surface area contributed by atoms with E-state index in [4.69, 9.17) is 16.3 Å². The number of carbonyl (C=O) groups is 4. The highest BCUT2D eigenvalue weighted by Gasteiger charge is 2.25. The summed E-state index contributed by atoms with van der Waals surface area (Å²) < 4.78 is 5.27. The first-order valence-electron chi connectivity index (χ1n) is 10.5. The van der Waals surface area contributed by atoms with Crippen molar-refractivity contribution in [3.05, 3.63) is 98.6 Å². The zero-order chi connectivity index (χ0) is 26.4. The standard InChI is InChI=1S/C25H20ClN3O7/c1-14(24(32)28-18-10-8-17(9-11-18)27-15(2)30)36-25(33)20-6-4-3-5-19(20)23(31)16-7-12-21(26)22(13-16)29(34)35/h3-14H,1-2H3,(H,27,30)(H,28,32)/t14-/m1/s1. The number of nitrogens with one attached hydrogen (secondary N) is 2. The fourth-order valence-corrected chi connectivity index (χ4v) is 3.36. The molecule has 0 bridgehead atoms. The summed E-state index contributed by atoms with van der Waals surface area (Å²) in [5.74, 6) is -2.43. The second-order valence-corrected chi connectivity index (χ2v) is 8.00. The van der Waals surface area contributed by atoms with Gasteiger partial charge in [0.1, 0.15) is 5.02 Å². The number of nitro benzene ring substituents is 1. The molecule has 0 radical (unpaired) electrons. The molecule has 0 aliphatic carbocycles. The topological polar surface area (TPSA) is 145 Å². The smallest absolute Gasteiger partial charge is 0.339 e. The Morgan fingerprint density at radius 1 is 0.917 bits per heavy atom. The molecule has 0 saturated carbocycles. The number of nitrogens with zero attached hydrogens (tertiary/aromatic N) is 1. The number of hydrogen-bond donors (Lipinski definition) is 2. The van der Waals surface area contributed by atoms with E-state index < -0.39 is 34.4 Å². The highest BCUT2D eigenvalue weighted by molar-refractivity contribution is 6.33. The van der Waals surface area contributed by atoms with Crippen molar-refractivity contribution in [1.29, 1.82) is 0 Å². The van der Waals surface area contributed by atoms with Crippen LogP contribution in [0.5, 0.6) is 0 Å². The van der Waals surface area contributed by atoms with Crippen LogP contribution in [0.1, 0.15) is 40.1 Å². The van der Waals surface area contributed by atoms with Gasteiger partial charge in [-0.25, -0.2) is 4.79 Å². The van der Waals surface area contributed by atoms with E-state index in [0.29, 0.717) is 11.4 Å². The average Bonchev–Trinajstić information content (AvgIpc) is 2.84. The molecule has 11 heteroatoms. The van der Waals surface area contributed by atoms with Crippen molar-refractivity contribution in [3.63, 3.8) is 0 Å². The molecule has 0 aromatic heterocycles. The van der Waals surface area contributed by atoms with Gasteiger partial charge in [-0.05, 0) is 49.4 Å². The molecule has 0 fully saturated rings. The van der Waals surface area contributed by atoms with Gasteiger partial charge in [-0.3, -0.25) is 24.5 Å². The highest BCUT2D eigenvalue weighted by Crippen LogP contribution is 2.27. The van der Waals surface area contributed by atoms with Crippen molar-refractivity contribution in [2.24, 2.45) is 0 Å². The maximum Gasteiger partial charge on any atom is 0.339 e. The van der Waals surface area contributed by atoms with Crippen molar-refractivity contribution < 1.29 is 28.8 Å². The summed E-state index contributed by atoms with van der Waals surface area (Å²) in [6.07, 6.45) is -1.22. The third-order valence-corrected chi connectivity index (χ3v) is 5.24. The number of anilines is 2. The van der Waals surface area contributed by atoms with Crippen LogP contribution >= 0.6 is 11.6 Å². The van der Waals surface area contributed by atoms with Crippen LogP contribution in [0.3, 0.4) is 0 Å². The Morgan fingerprint density at radius 3 is 2.08 bits per heavy atom. The predicted molar refractivity (Wildman–Crippen MR) is 132 cm³/mol. The van der Waals surface area contributed by atoms with Crippen molar-refractivity contribution in [3.8, 4) is 0 Å². The molecule has 2 N–H and O–H groups in total. The number of halogens is 1. The van der Waals surface area contributed by atoms with Gasteiger partial charge >= 0.3 is 5.97 Å². The van der Waals surface area contributed by atoms with Gasteiger partial charge in [-0.1, -0.05) is 29.8 Å². The molecule has 3 aromatic rings. The zero-order valence-corrected chi connectivity index (χ0v) is 19.9. The first kappa shape index (κ1) is 26.0. The van der Waals surface area contributed by atoms with Gasteiger partial charge in [0.05, 0.1) is 10.5 Å². The van der Waals surface area contributed by atoms with E-state index in [1.165, 1.54) is 50.2 Å². The van der Waals surface area contributed by atoms with Gasteiger partial charge in [0, 0.05) is 35.5 Å². The zero-order valence-electron chi connectivity index (χ0n) is 19.1. The van der Waals surface area contributed by atoms with Crippen LogP contribution in [0.15, 0.2) is 66.7 Å². The molecule has 2 amide bonds. The lowest BCUT2D eigenvalue weighted by Gasteiger charge is -2.15. The minimum atomic E-state index is -1.22. The first-order chi connectivity index (χ1) is 17.1. The van der Waals surface area contributed by atoms with E-state index in [2.05, 4.69) is 10.6 Å². The number of ketones is 1. The molecular formula is C25H20ClN3O7. The van der Waals surface area contributed by atoms with E-state index in [-0.39, 0.29) is 27.6 Å². The lowest BCUT2D eigenvalue weighted by Crippen LogP contribution is -2.30. The predicted octanol–water partition coefficient (Wildman–Crippen LogP) is 4.62. The van der Waals surface area contributed by atoms with Crippen LogP contribution in [-0.4, -0.2) is 34.6 Å². The number of nitro groups is 1. The largest absolute Gasteiger partial charge is 0.449 e. The minimum absolute atomic E-state index is 0.0418. The summed E-state index contributed by atoms with van der Waals surface area (Å²) in [5, 5.41) is 16.2. The van der Waals surface area contributed by atoms with Crippen molar-refractivity contribution in [2.75, 3.05) is 10.6 Å². The van der Waals surface area contributed by atoms with Gasteiger partial charge in [-0.15, -0.1) is 0 Å². The maximum atomic E-state index is 13.0. The summed E-state index contributed by atoms with van der Waals surface area (Å²) in [4.78, 5) is 59.9. The molecule has 0 aliphatic rings. The molecule has 10 nitrogen and oxygen atoms in total. The molecule has 0 aliphatic heterocycles. The monoisotopic (exact) mass is 509 g/mol. The molecule has 1 atom stereocenters. The number of esters is 1. The third-order valence-electron chi connectivity index (χ3n) is 4.92.